The molecule has 0 bridgehead atoms. The summed E-state index contributed by atoms with van der Waals surface area (Å²) in [6, 6.07) is 6.66. The second kappa shape index (κ2) is 7.05. The lowest BCUT2D eigenvalue weighted by Crippen LogP contribution is -2.21. The van der Waals surface area contributed by atoms with Crippen LogP contribution in [0.1, 0.15) is 23.9 Å². The molecule has 5 heteroatoms. The number of hydrogen-bond acceptors (Lipinski definition) is 2. The topological polar surface area (TPSA) is 43.8 Å². The molecule has 1 atom stereocenters. The van der Waals surface area contributed by atoms with Crippen LogP contribution in [0.25, 0.3) is 0 Å². The number of nitrogens with zero attached hydrogens (tertiary/aromatic N) is 2. The Morgan fingerprint density at radius 2 is 2.14 bits per heavy atom. The van der Waals surface area contributed by atoms with Gasteiger partial charge in [0, 0.05) is 7.05 Å². The lowest BCUT2D eigenvalue weighted by atomic mass is 9.94. The van der Waals surface area contributed by atoms with E-state index in [0.717, 1.165) is 41.2 Å². The summed E-state index contributed by atoms with van der Waals surface area (Å²) in [5.41, 5.74) is 8.75. The first kappa shape index (κ1) is 16.0. The van der Waals surface area contributed by atoms with Crippen molar-refractivity contribution in [3.63, 3.8) is 0 Å². The maximum Gasteiger partial charge on any atom is 0.123 e. The van der Waals surface area contributed by atoms with E-state index in [9.17, 15) is 4.39 Å². The van der Waals surface area contributed by atoms with Gasteiger partial charge in [0.15, 0.2) is 0 Å². The van der Waals surface area contributed by atoms with Crippen LogP contribution < -0.4 is 5.73 Å². The van der Waals surface area contributed by atoms with Crippen molar-refractivity contribution < 1.29 is 4.39 Å². The van der Waals surface area contributed by atoms with Crippen molar-refractivity contribution in [3.05, 3.63) is 52.1 Å². The van der Waals surface area contributed by atoms with Gasteiger partial charge in [0.1, 0.15) is 5.82 Å². The minimum absolute atomic E-state index is 0.212. The molecule has 2 N–H and O–H groups in total. The normalized spacial score (nSPS) is 12.6. The zero-order valence-corrected chi connectivity index (χ0v) is 13.2. The predicted octanol–water partition coefficient (Wildman–Crippen LogP) is 3.14. The van der Waals surface area contributed by atoms with Gasteiger partial charge >= 0.3 is 0 Å². The van der Waals surface area contributed by atoms with E-state index < -0.39 is 0 Å². The quantitative estimate of drug-likeness (QED) is 0.891. The van der Waals surface area contributed by atoms with Crippen molar-refractivity contribution in [2.75, 3.05) is 6.54 Å². The Labute approximate surface area is 129 Å². The second-order valence-electron chi connectivity index (χ2n) is 5.32. The third kappa shape index (κ3) is 3.83. The first-order valence-corrected chi connectivity index (χ1v) is 7.57. The van der Waals surface area contributed by atoms with Crippen molar-refractivity contribution in [1.29, 1.82) is 0 Å². The number of benzene rings is 1. The highest BCUT2D eigenvalue weighted by atomic mass is 35.5. The molecule has 0 saturated heterocycles. The van der Waals surface area contributed by atoms with Crippen LogP contribution in [0.15, 0.2) is 24.3 Å². The Morgan fingerprint density at radius 3 is 2.71 bits per heavy atom. The first-order valence-electron chi connectivity index (χ1n) is 7.19. The summed E-state index contributed by atoms with van der Waals surface area (Å²) in [4.78, 5) is 0. The van der Waals surface area contributed by atoms with Gasteiger partial charge in [-0.05, 0) is 49.4 Å². The summed E-state index contributed by atoms with van der Waals surface area (Å²) in [5.74, 6) is -0.000451. The Bertz CT molecular complexity index is 610. The van der Waals surface area contributed by atoms with Gasteiger partial charge in [-0.15, -0.1) is 0 Å². The number of hydrogen-bond donors (Lipinski definition) is 1. The van der Waals surface area contributed by atoms with E-state index >= 15 is 0 Å². The molecule has 1 aromatic heterocycles. The van der Waals surface area contributed by atoms with Crippen LogP contribution in [0.4, 0.5) is 4.39 Å². The SMILES string of the molecule is CCc1nn(C)c(CC(CN)Cc2cccc(F)c2)c1Cl. The molecule has 0 fully saturated rings. The van der Waals surface area contributed by atoms with E-state index in [0.29, 0.717) is 6.54 Å². The van der Waals surface area contributed by atoms with E-state index in [1.165, 1.54) is 6.07 Å². The molecule has 1 unspecified atom stereocenters. The van der Waals surface area contributed by atoms with E-state index in [1.54, 1.807) is 12.1 Å². The standard InChI is InChI=1S/C16H21ClFN3/c1-3-14-16(17)15(21(2)20-14)9-12(10-19)7-11-5-4-6-13(18)8-11/h4-6,8,12H,3,7,9-10,19H2,1-2H3. The molecule has 0 spiro atoms. The molecule has 0 saturated carbocycles. The van der Waals surface area contributed by atoms with Crippen LogP contribution in [-0.4, -0.2) is 16.3 Å². The molecule has 0 aliphatic carbocycles. The van der Waals surface area contributed by atoms with Gasteiger partial charge in [-0.25, -0.2) is 4.39 Å². The molecule has 2 aromatic rings. The summed E-state index contributed by atoms with van der Waals surface area (Å²) in [7, 11) is 1.90. The van der Waals surface area contributed by atoms with Gasteiger partial charge in [-0.3, -0.25) is 4.68 Å². The lowest BCUT2D eigenvalue weighted by Gasteiger charge is -2.15. The Kier molecular flexibility index (Phi) is 5.37. The Balaban J connectivity index is 2.14. The molecule has 0 radical (unpaired) electrons. The molecule has 3 nitrogen and oxygen atoms in total. The van der Waals surface area contributed by atoms with Crippen LogP contribution in [0, 0.1) is 11.7 Å². The number of rotatable bonds is 6. The van der Waals surface area contributed by atoms with Gasteiger partial charge < -0.3 is 5.73 Å². The Hall–Kier alpha value is -1.39. The fourth-order valence-corrected chi connectivity index (χ4v) is 2.92. The molecule has 0 aliphatic heterocycles. The van der Waals surface area contributed by atoms with E-state index in [1.807, 2.05) is 24.7 Å². The van der Waals surface area contributed by atoms with Crippen LogP contribution in [0.5, 0.6) is 0 Å². The molecule has 1 heterocycles. The van der Waals surface area contributed by atoms with Gasteiger partial charge in [-0.1, -0.05) is 30.7 Å². The van der Waals surface area contributed by atoms with Gasteiger partial charge in [0.05, 0.1) is 16.4 Å². The molecule has 114 valence electrons. The highest BCUT2D eigenvalue weighted by Crippen LogP contribution is 2.24. The van der Waals surface area contributed by atoms with Crippen LogP contribution in [0.2, 0.25) is 5.02 Å². The van der Waals surface area contributed by atoms with E-state index in [4.69, 9.17) is 17.3 Å². The highest BCUT2D eigenvalue weighted by molar-refractivity contribution is 6.31. The molecule has 0 amide bonds. The van der Waals surface area contributed by atoms with Crippen LogP contribution >= 0.6 is 11.6 Å². The largest absolute Gasteiger partial charge is 0.330 e. The summed E-state index contributed by atoms with van der Waals surface area (Å²) in [6.45, 7) is 2.56. The Morgan fingerprint density at radius 1 is 1.38 bits per heavy atom. The summed E-state index contributed by atoms with van der Waals surface area (Å²) in [5, 5.41) is 5.16. The van der Waals surface area contributed by atoms with Gasteiger partial charge in [0.2, 0.25) is 0 Å². The number of aryl methyl sites for hydroxylation is 2. The number of aromatic nitrogens is 2. The molecule has 21 heavy (non-hydrogen) atoms. The van der Waals surface area contributed by atoms with Crippen molar-refractivity contribution in [3.8, 4) is 0 Å². The molecule has 2 rings (SSSR count). The highest BCUT2D eigenvalue weighted by Gasteiger charge is 2.17. The predicted molar refractivity (Wildman–Crippen MR) is 83.9 cm³/mol. The summed E-state index contributed by atoms with van der Waals surface area (Å²) < 4.78 is 15.1. The zero-order chi connectivity index (χ0) is 15.4. The smallest absolute Gasteiger partial charge is 0.123 e. The van der Waals surface area contributed by atoms with E-state index in [2.05, 4.69) is 5.10 Å². The summed E-state index contributed by atoms with van der Waals surface area (Å²) >= 11 is 6.37. The van der Waals surface area contributed by atoms with Crippen molar-refractivity contribution >= 4 is 11.6 Å². The molecule has 0 aliphatic rings. The lowest BCUT2D eigenvalue weighted by molar-refractivity contribution is 0.509. The molecule has 1 aromatic carbocycles. The third-order valence-corrected chi connectivity index (χ3v) is 4.17. The van der Waals surface area contributed by atoms with Crippen LogP contribution in [0.3, 0.4) is 0 Å². The molecular formula is C16H21ClFN3. The fourth-order valence-electron chi connectivity index (χ4n) is 2.55. The number of halogens is 2. The van der Waals surface area contributed by atoms with Crippen molar-refractivity contribution in [2.24, 2.45) is 18.7 Å². The molecular weight excluding hydrogens is 289 g/mol. The minimum atomic E-state index is -0.213. The monoisotopic (exact) mass is 309 g/mol. The third-order valence-electron chi connectivity index (χ3n) is 3.73. The van der Waals surface area contributed by atoms with Gasteiger partial charge in [-0.2, -0.15) is 5.10 Å². The van der Waals surface area contributed by atoms with Crippen molar-refractivity contribution in [1.82, 2.24) is 9.78 Å². The van der Waals surface area contributed by atoms with Crippen molar-refractivity contribution in [2.45, 2.75) is 26.2 Å². The zero-order valence-electron chi connectivity index (χ0n) is 12.4. The first-order chi connectivity index (χ1) is 10.0. The number of nitrogens with two attached hydrogens (primary N) is 1. The average Bonchev–Trinajstić information content (AvgIpc) is 2.73. The average molecular weight is 310 g/mol. The van der Waals surface area contributed by atoms with Crippen LogP contribution in [-0.2, 0) is 26.3 Å². The second-order valence-corrected chi connectivity index (χ2v) is 5.70. The maximum absolute atomic E-state index is 13.3. The van der Waals surface area contributed by atoms with E-state index in [-0.39, 0.29) is 11.7 Å². The maximum atomic E-state index is 13.3. The summed E-state index contributed by atoms with van der Waals surface area (Å²) in [6.07, 6.45) is 2.29. The van der Waals surface area contributed by atoms with Gasteiger partial charge in [0.25, 0.3) is 0 Å². The minimum Gasteiger partial charge on any atom is -0.330 e. The fraction of sp³-hybridized carbons (Fsp3) is 0.438.